The van der Waals surface area contributed by atoms with Crippen molar-refractivity contribution in [1.82, 2.24) is 0 Å². The zero-order valence-electron chi connectivity index (χ0n) is 12.3. The molecule has 116 valence electrons. The molecule has 6 nitrogen and oxygen atoms in total. The Bertz CT molecular complexity index is 139. The van der Waals surface area contributed by atoms with Crippen LogP contribution in [0.1, 0.15) is 34.1 Å². The van der Waals surface area contributed by atoms with Crippen molar-refractivity contribution >= 4 is 12.1 Å². The summed E-state index contributed by atoms with van der Waals surface area (Å²) >= 11 is 0. The first-order valence-electron chi connectivity index (χ1n) is 5.82. The maximum atomic E-state index is 10.4. The second-order valence-corrected chi connectivity index (χ2v) is 2.45. The number of aliphatic hydroxyl groups is 3. The number of ketones is 1. The number of hydrogen-bond acceptors (Lipinski definition) is 6. The molecule has 0 aliphatic carbocycles. The van der Waals surface area contributed by atoms with Crippen LogP contribution in [0.15, 0.2) is 0 Å². The van der Waals surface area contributed by atoms with E-state index in [9.17, 15) is 9.59 Å². The van der Waals surface area contributed by atoms with Crippen LogP contribution in [0.2, 0.25) is 0 Å². The van der Waals surface area contributed by atoms with Gasteiger partial charge >= 0.3 is 0 Å². The summed E-state index contributed by atoms with van der Waals surface area (Å²) in [6.07, 6.45) is 1.34. The van der Waals surface area contributed by atoms with Crippen LogP contribution in [-0.2, 0) is 40.5 Å². The fourth-order valence-electron chi connectivity index (χ4n) is 0.347. The first-order chi connectivity index (χ1) is 8.55. The van der Waals surface area contributed by atoms with Gasteiger partial charge in [-0.3, -0.25) is 11.1 Å². The van der Waals surface area contributed by atoms with Gasteiger partial charge in [-0.15, -0.1) is 0 Å². The van der Waals surface area contributed by atoms with Crippen LogP contribution in [0.4, 0.5) is 0 Å². The van der Waals surface area contributed by atoms with E-state index >= 15 is 0 Å². The second-order valence-electron chi connectivity index (χ2n) is 2.45. The molecular weight excluding hydrogens is 331 g/mol. The molecule has 0 atom stereocenters. The molecule has 19 heavy (non-hydrogen) atoms. The predicted molar refractivity (Wildman–Crippen MR) is 70.1 cm³/mol. The average molecular weight is 359 g/mol. The zero-order chi connectivity index (χ0) is 15.2. The Kier molecular flexibility index (Phi) is 71.1. The summed E-state index contributed by atoms with van der Waals surface area (Å²) in [4.78, 5) is 20.0. The smallest absolute Gasteiger partial charge is 0.132 e. The summed E-state index contributed by atoms with van der Waals surface area (Å²) in [6, 6.07) is 0. The molecular formula is C12H27O6Zr-. The molecule has 0 unspecified atom stereocenters. The monoisotopic (exact) mass is 357 g/mol. The molecule has 0 saturated carbocycles. The van der Waals surface area contributed by atoms with E-state index < -0.39 is 0 Å². The van der Waals surface area contributed by atoms with Crippen LogP contribution in [-0.4, -0.2) is 60.4 Å². The van der Waals surface area contributed by atoms with E-state index in [4.69, 9.17) is 20.1 Å². The van der Waals surface area contributed by atoms with Crippen molar-refractivity contribution in [1.29, 1.82) is 0 Å². The number of aliphatic hydroxyl groups excluding tert-OH is 3. The van der Waals surface area contributed by atoms with Gasteiger partial charge in [0, 0.05) is 52.6 Å². The molecule has 0 rings (SSSR count). The molecule has 0 aromatic rings. The van der Waals surface area contributed by atoms with E-state index in [1.54, 1.807) is 27.7 Å². The minimum absolute atomic E-state index is 0. The summed E-state index contributed by atoms with van der Waals surface area (Å²) < 4.78 is 4.72. The molecule has 0 aliphatic rings. The van der Waals surface area contributed by atoms with E-state index in [0.717, 1.165) is 0 Å². The van der Waals surface area contributed by atoms with E-state index in [0.29, 0.717) is 6.61 Å². The molecule has 0 fully saturated rings. The van der Waals surface area contributed by atoms with E-state index in [2.05, 4.69) is 0 Å². The third-order valence-electron chi connectivity index (χ3n) is 0.737. The maximum absolute atomic E-state index is 10.4. The number of carbonyl (C=O) groups is 1. The number of hydrogen-bond donors (Lipinski definition) is 3. The van der Waals surface area contributed by atoms with Gasteiger partial charge in [-0.25, -0.2) is 0 Å². The summed E-state index contributed by atoms with van der Waals surface area (Å²) in [5.74, 6) is -0.216. The second kappa shape index (κ2) is 43.0. The van der Waals surface area contributed by atoms with Crippen molar-refractivity contribution in [2.24, 2.45) is 0 Å². The summed E-state index contributed by atoms with van der Waals surface area (Å²) in [7, 11) is 0. The Balaban J connectivity index is -0.0000000548. The van der Waals surface area contributed by atoms with Crippen molar-refractivity contribution < 1.29 is 55.8 Å². The van der Waals surface area contributed by atoms with Gasteiger partial charge in [-0.1, -0.05) is 6.42 Å². The van der Waals surface area contributed by atoms with Gasteiger partial charge in [0.15, 0.2) is 0 Å². The zero-order valence-corrected chi connectivity index (χ0v) is 14.8. The van der Waals surface area contributed by atoms with Crippen molar-refractivity contribution in [3.05, 3.63) is 0 Å². The molecule has 3 N–H and O–H groups in total. The number of carbonyl (C=O) groups excluding carboxylic acids is 2. The van der Waals surface area contributed by atoms with Crippen LogP contribution < -0.4 is 0 Å². The van der Waals surface area contributed by atoms with E-state index in [-0.39, 0.29) is 64.8 Å². The summed E-state index contributed by atoms with van der Waals surface area (Å²) in [6.45, 7) is 8.12. The molecule has 0 aromatic carbocycles. The third-order valence-corrected chi connectivity index (χ3v) is 0.737. The molecule has 0 radical (unpaired) electrons. The first-order valence-corrected chi connectivity index (χ1v) is 5.82. The Morgan fingerprint density at radius 1 is 1.00 bits per heavy atom. The average Bonchev–Trinajstić information content (AvgIpc) is 2.30. The van der Waals surface area contributed by atoms with Gasteiger partial charge in [0.05, 0.1) is 0 Å². The van der Waals surface area contributed by atoms with Crippen LogP contribution in [0.5, 0.6) is 0 Å². The molecule has 0 amide bonds. The molecule has 0 aliphatic heterocycles. The molecule has 0 aromatic heterocycles. The van der Waals surface area contributed by atoms with Crippen LogP contribution in [0.3, 0.4) is 0 Å². The van der Waals surface area contributed by atoms with Gasteiger partial charge in [0.1, 0.15) is 12.4 Å². The number of Topliss-reactive ketones (excluding diaryl/α,β-unsaturated/α-hetero) is 1. The van der Waals surface area contributed by atoms with Gasteiger partial charge in [0.2, 0.25) is 0 Å². The molecule has 0 heterocycles. The number of rotatable bonds is 5. The topological polar surface area (TPSA) is 104 Å². The van der Waals surface area contributed by atoms with Crippen LogP contribution >= 0.6 is 0 Å². The number of ether oxygens (including phenoxy) is 1. The first kappa shape index (κ1) is 31.4. The van der Waals surface area contributed by atoms with Gasteiger partial charge < -0.3 is 24.9 Å². The SMILES string of the molecule is CCO.CCO.CCO.CCOCC(=O)C[C-]=O.[Zr]. The fraction of sp³-hybridized carbons (Fsp3) is 0.833. The van der Waals surface area contributed by atoms with Crippen molar-refractivity contribution in [3.63, 3.8) is 0 Å². The van der Waals surface area contributed by atoms with Gasteiger partial charge in [-0.05, 0) is 27.7 Å². The summed E-state index contributed by atoms with van der Waals surface area (Å²) in [5, 5.41) is 22.7. The van der Waals surface area contributed by atoms with Gasteiger partial charge in [0.25, 0.3) is 0 Å². The Morgan fingerprint density at radius 2 is 1.32 bits per heavy atom. The molecule has 0 saturated heterocycles. The minimum atomic E-state index is -0.216. The molecule has 0 spiro atoms. The van der Waals surface area contributed by atoms with Crippen molar-refractivity contribution in [2.45, 2.75) is 34.1 Å². The standard InChI is InChI=1S/C6H9O3.3C2H6O.Zr/c1-2-9-5-6(8)3-4-7;3*1-2-3;/h2-3,5H2,1H3;3*3H,2H2,1H3;/q-1;;;;. The maximum Gasteiger partial charge on any atom is 0.132 e. The van der Waals surface area contributed by atoms with Crippen LogP contribution in [0.25, 0.3) is 0 Å². The summed E-state index contributed by atoms with van der Waals surface area (Å²) in [5.41, 5.74) is 0. The Hall–Kier alpha value is 0.0631. The molecule has 0 bridgehead atoms. The molecule has 7 heteroatoms. The minimum Gasteiger partial charge on any atom is -0.541 e. The van der Waals surface area contributed by atoms with E-state index in [1.165, 1.54) is 6.29 Å². The predicted octanol–water partition coefficient (Wildman–Crippen LogP) is 0.0851. The quantitative estimate of drug-likeness (QED) is 0.475. The normalized spacial score (nSPS) is 7.11. The Labute approximate surface area is 135 Å². The third kappa shape index (κ3) is 93.4. The van der Waals surface area contributed by atoms with Crippen molar-refractivity contribution in [3.8, 4) is 0 Å². The van der Waals surface area contributed by atoms with Gasteiger partial charge in [-0.2, -0.15) is 0 Å². The van der Waals surface area contributed by atoms with E-state index in [1.807, 2.05) is 0 Å². The van der Waals surface area contributed by atoms with Crippen LogP contribution in [0, 0.1) is 0 Å². The Morgan fingerprint density at radius 3 is 1.53 bits per heavy atom. The fourth-order valence-corrected chi connectivity index (χ4v) is 0.347. The largest absolute Gasteiger partial charge is 0.541 e. The van der Waals surface area contributed by atoms with Crippen molar-refractivity contribution in [2.75, 3.05) is 33.0 Å².